The Morgan fingerprint density at radius 3 is 2.29 bits per heavy atom. The zero-order valence-corrected chi connectivity index (χ0v) is 11.8. The smallest absolute Gasteiger partial charge is 0.00900 e. The molecular weight excluding hydrogens is 206 g/mol. The summed E-state index contributed by atoms with van der Waals surface area (Å²) in [5.74, 6) is 0.730. The SMILES string of the molecule is CCNC(CCCc1ccc(C)cc1)C(C)C. The van der Waals surface area contributed by atoms with Crippen LogP contribution in [0.1, 0.15) is 44.7 Å². The van der Waals surface area contributed by atoms with E-state index in [9.17, 15) is 0 Å². The summed E-state index contributed by atoms with van der Waals surface area (Å²) < 4.78 is 0. The molecule has 1 aromatic carbocycles. The minimum Gasteiger partial charge on any atom is -0.314 e. The third kappa shape index (κ3) is 5.36. The van der Waals surface area contributed by atoms with E-state index in [0.717, 1.165) is 12.5 Å². The molecule has 0 saturated heterocycles. The minimum atomic E-state index is 0.672. The van der Waals surface area contributed by atoms with Gasteiger partial charge < -0.3 is 5.32 Å². The zero-order chi connectivity index (χ0) is 12.7. The first-order chi connectivity index (χ1) is 8.13. The number of rotatable bonds is 7. The topological polar surface area (TPSA) is 12.0 Å². The van der Waals surface area contributed by atoms with Crippen molar-refractivity contribution in [2.24, 2.45) is 5.92 Å². The molecule has 0 radical (unpaired) electrons. The van der Waals surface area contributed by atoms with Gasteiger partial charge in [0.05, 0.1) is 0 Å². The van der Waals surface area contributed by atoms with Crippen molar-refractivity contribution >= 4 is 0 Å². The zero-order valence-electron chi connectivity index (χ0n) is 11.8. The van der Waals surface area contributed by atoms with E-state index in [-0.39, 0.29) is 0 Å². The molecule has 1 heteroatoms. The van der Waals surface area contributed by atoms with Crippen molar-refractivity contribution < 1.29 is 0 Å². The first kappa shape index (κ1) is 14.2. The Balaban J connectivity index is 2.33. The van der Waals surface area contributed by atoms with Crippen LogP contribution in [0.15, 0.2) is 24.3 Å². The van der Waals surface area contributed by atoms with Gasteiger partial charge in [0.15, 0.2) is 0 Å². The van der Waals surface area contributed by atoms with Gasteiger partial charge in [0.1, 0.15) is 0 Å². The molecule has 96 valence electrons. The van der Waals surface area contributed by atoms with Gasteiger partial charge in [-0.15, -0.1) is 0 Å². The number of hydrogen-bond acceptors (Lipinski definition) is 1. The standard InChI is InChI=1S/C16H27N/c1-5-17-16(13(2)3)8-6-7-15-11-9-14(4)10-12-15/h9-13,16-17H,5-8H2,1-4H3. The molecule has 0 aliphatic rings. The first-order valence-corrected chi connectivity index (χ1v) is 6.92. The van der Waals surface area contributed by atoms with E-state index >= 15 is 0 Å². The van der Waals surface area contributed by atoms with Crippen molar-refractivity contribution in [3.8, 4) is 0 Å². The Labute approximate surface area is 107 Å². The molecule has 0 spiro atoms. The molecule has 1 nitrogen and oxygen atoms in total. The van der Waals surface area contributed by atoms with Crippen molar-refractivity contribution in [2.45, 2.75) is 53.0 Å². The highest BCUT2D eigenvalue weighted by Crippen LogP contribution is 2.12. The summed E-state index contributed by atoms with van der Waals surface area (Å²) in [6.45, 7) is 10.0. The summed E-state index contributed by atoms with van der Waals surface area (Å²) in [5, 5.41) is 3.58. The molecule has 0 amide bonds. The average molecular weight is 233 g/mol. The molecule has 0 aromatic heterocycles. The molecule has 17 heavy (non-hydrogen) atoms. The fourth-order valence-electron chi connectivity index (χ4n) is 2.21. The van der Waals surface area contributed by atoms with Crippen LogP contribution in [0.3, 0.4) is 0 Å². The van der Waals surface area contributed by atoms with Crippen molar-refractivity contribution in [2.75, 3.05) is 6.54 Å². The maximum Gasteiger partial charge on any atom is 0.00900 e. The fourth-order valence-corrected chi connectivity index (χ4v) is 2.21. The van der Waals surface area contributed by atoms with E-state index in [0.29, 0.717) is 6.04 Å². The van der Waals surface area contributed by atoms with Crippen LogP contribution in [0, 0.1) is 12.8 Å². The van der Waals surface area contributed by atoms with E-state index in [1.165, 1.54) is 30.4 Å². The summed E-state index contributed by atoms with van der Waals surface area (Å²) in [5.41, 5.74) is 2.82. The molecule has 0 aliphatic heterocycles. The third-order valence-corrected chi connectivity index (χ3v) is 3.37. The minimum absolute atomic E-state index is 0.672. The normalized spacial score (nSPS) is 13.0. The molecule has 1 N–H and O–H groups in total. The summed E-state index contributed by atoms with van der Waals surface area (Å²) >= 11 is 0. The van der Waals surface area contributed by atoms with Crippen molar-refractivity contribution in [1.29, 1.82) is 0 Å². The Hall–Kier alpha value is -0.820. The summed E-state index contributed by atoms with van der Waals surface area (Å²) in [6.07, 6.45) is 3.76. The quantitative estimate of drug-likeness (QED) is 0.752. The highest BCUT2D eigenvalue weighted by molar-refractivity contribution is 5.21. The number of benzene rings is 1. The molecule has 0 saturated carbocycles. The molecule has 0 heterocycles. The third-order valence-electron chi connectivity index (χ3n) is 3.37. The maximum absolute atomic E-state index is 3.58. The van der Waals surface area contributed by atoms with Gasteiger partial charge in [-0.05, 0) is 44.2 Å². The summed E-state index contributed by atoms with van der Waals surface area (Å²) in [6, 6.07) is 9.60. The van der Waals surface area contributed by atoms with Gasteiger partial charge >= 0.3 is 0 Å². The van der Waals surface area contributed by atoms with Crippen LogP contribution in [0.4, 0.5) is 0 Å². The van der Waals surface area contributed by atoms with Gasteiger partial charge in [-0.1, -0.05) is 50.6 Å². The van der Waals surface area contributed by atoms with Crippen LogP contribution in [-0.4, -0.2) is 12.6 Å². The number of hydrogen-bond donors (Lipinski definition) is 1. The predicted molar refractivity (Wildman–Crippen MR) is 76.4 cm³/mol. The summed E-state index contributed by atoms with van der Waals surface area (Å²) in [7, 11) is 0. The second-order valence-corrected chi connectivity index (χ2v) is 5.29. The van der Waals surface area contributed by atoms with Crippen LogP contribution in [0.25, 0.3) is 0 Å². The lowest BCUT2D eigenvalue weighted by Gasteiger charge is -2.21. The van der Waals surface area contributed by atoms with E-state index in [4.69, 9.17) is 0 Å². The van der Waals surface area contributed by atoms with E-state index < -0.39 is 0 Å². The van der Waals surface area contributed by atoms with Crippen LogP contribution in [-0.2, 0) is 6.42 Å². The molecule has 1 aromatic rings. The largest absolute Gasteiger partial charge is 0.314 e. The van der Waals surface area contributed by atoms with Gasteiger partial charge in [0.2, 0.25) is 0 Å². The Kier molecular flexibility index (Phi) is 6.28. The van der Waals surface area contributed by atoms with E-state index in [2.05, 4.69) is 57.3 Å². The van der Waals surface area contributed by atoms with Crippen LogP contribution in [0.5, 0.6) is 0 Å². The second kappa shape index (κ2) is 7.50. The Morgan fingerprint density at radius 2 is 1.76 bits per heavy atom. The lowest BCUT2D eigenvalue weighted by molar-refractivity contribution is 0.377. The first-order valence-electron chi connectivity index (χ1n) is 6.92. The van der Waals surface area contributed by atoms with Gasteiger partial charge in [-0.25, -0.2) is 0 Å². The lowest BCUT2D eigenvalue weighted by Crippen LogP contribution is -2.33. The highest BCUT2D eigenvalue weighted by atomic mass is 14.9. The average Bonchev–Trinajstić information content (AvgIpc) is 2.30. The Morgan fingerprint density at radius 1 is 1.12 bits per heavy atom. The Bertz CT molecular complexity index is 300. The van der Waals surface area contributed by atoms with Gasteiger partial charge in [-0.3, -0.25) is 0 Å². The van der Waals surface area contributed by atoms with Gasteiger partial charge in [0, 0.05) is 6.04 Å². The highest BCUT2D eigenvalue weighted by Gasteiger charge is 2.10. The predicted octanol–water partition coefficient (Wildman–Crippen LogP) is 3.95. The van der Waals surface area contributed by atoms with Crippen LogP contribution >= 0.6 is 0 Å². The summed E-state index contributed by atoms with van der Waals surface area (Å²) in [4.78, 5) is 0. The van der Waals surface area contributed by atoms with Crippen molar-refractivity contribution in [3.05, 3.63) is 35.4 Å². The molecule has 0 aliphatic carbocycles. The second-order valence-electron chi connectivity index (χ2n) is 5.29. The van der Waals surface area contributed by atoms with E-state index in [1.54, 1.807) is 0 Å². The van der Waals surface area contributed by atoms with Crippen LogP contribution in [0.2, 0.25) is 0 Å². The fraction of sp³-hybridized carbons (Fsp3) is 0.625. The van der Waals surface area contributed by atoms with Crippen LogP contribution < -0.4 is 5.32 Å². The molecule has 0 bridgehead atoms. The van der Waals surface area contributed by atoms with Crippen molar-refractivity contribution in [3.63, 3.8) is 0 Å². The van der Waals surface area contributed by atoms with Gasteiger partial charge in [-0.2, -0.15) is 0 Å². The molecule has 0 fully saturated rings. The number of aryl methyl sites for hydroxylation is 2. The monoisotopic (exact) mass is 233 g/mol. The molecule has 1 rings (SSSR count). The number of nitrogens with one attached hydrogen (secondary N) is 1. The van der Waals surface area contributed by atoms with Gasteiger partial charge in [0.25, 0.3) is 0 Å². The van der Waals surface area contributed by atoms with E-state index in [1.807, 2.05) is 0 Å². The molecule has 1 atom stereocenters. The molecular formula is C16H27N. The maximum atomic E-state index is 3.58. The molecule has 1 unspecified atom stereocenters. The van der Waals surface area contributed by atoms with Crippen molar-refractivity contribution in [1.82, 2.24) is 5.32 Å². The lowest BCUT2D eigenvalue weighted by atomic mass is 9.96.